The molecule has 1 aromatic heterocycles. The van der Waals surface area contributed by atoms with Crippen molar-refractivity contribution in [2.45, 2.75) is 6.54 Å². The Bertz CT molecular complexity index is 559. The van der Waals surface area contributed by atoms with Crippen molar-refractivity contribution in [3.63, 3.8) is 0 Å². The molecule has 1 aromatic carbocycles. The summed E-state index contributed by atoms with van der Waals surface area (Å²) in [5.41, 5.74) is 0.742. The van der Waals surface area contributed by atoms with Gasteiger partial charge in [-0.25, -0.2) is 14.4 Å². The molecule has 0 atom stereocenters. The molecule has 0 spiro atoms. The van der Waals surface area contributed by atoms with Crippen LogP contribution in [0.3, 0.4) is 0 Å². The highest BCUT2D eigenvalue weighted by molar-refractivity contribution is 5.36. The number of halogens is 1. The fraction of sp³-hybridized carbons (Fsp3) is 0.0909. The Hall–Kier alpha value is -2.57. The van der Waals surface area contributed by atoms with Crippen LogP contribution < -0.4 is 5.32 Å². The van der Waals surface area contributed by atoms with Crippen LogP contribution in [0.15, 0.2) is 36.7 Å². The Kier molecular flexibility index (Phi) is 3.42. The molecule has 1 N–H and O–H groups in total. The number of hydrogen-bond donors (Lipinski definition) is 1. The maximum atomic E-state index is 12.6. The molecule has 2 rings (SSSR count). The molecule has 18 heavy (non-hydrogen) atoms. The number of nitrogens with zero attached hydrogens (tertiary/aromatic N) is 3. The minimum atomic E-state index is -0.518. The molecule has 0 saturated carbocycles. The van der Waals surface area contributed by atoms with E-state index in [1.807, 2.05) is 0 Å². The number of benzene rings is 1. The lowest BCUT2D eigenvalue weighted by molar-refractivity contribution is -0.384. The van der Waals surface area contributed by atoms with Gasteiger partial charge in [-0.1, -0.05) is 12.1 Å². The van der Waals surface area contributed by atoms with E-state index in [0.717, 1.165) is 18.0 Å². The van der Waals surface area contributed by atoms with Gasteiger partial charge in [0, 0.05) is 18.7 Å². The summed E-state index contributed by atoms with van der Waals surface area (Å²) in [5, 5.41) is 13.4. The predicted molar refractivity (Wildman–Crippen MR) is 62.4 cm³/mol. The second kappa shape index (κ2) is 5.17. The van der Waals surface area contributed by atoms with Crippen LogP contribution in [0.4, 0.5) is 16.0 Å². The maximum absolute atomic E-state index is 12.6. The van der Waals surface area contributed by atoms with Crippen molar-refractivity contribution >= 4 is 11.6 Å². The summed E-state index contributed by atoms with van der Waals surface area (Å²) in [4.78, 5) is 17.6. The fourth-order valence-corrected chi connectivity index (χ4v) is 1.36. The summed E-state index contributed by atoms with van der Waals surface area (Å²) >= 11 is 0. The van der Waals surface area contributed by atoms with Crippen molar-refractivity contribution in [3.8, 4) is 0 Å². The number of hydrogen-bond acceptors (Lipinski definition) is 5. The molecule has 1 heterocycles. The van der Waals surface area contributed by atoms with Crippen LogP contribution in [0.25, 0.3) is 0 Å². The van der Waals surface area contributed by atoms with Crippen LogP contribution in [0.2, 0.25) is 0 Å². The zero-order chi connectivity index (χ0) is 13.0. The molecule has 0 bridgehead atoms. The van der Waals surface area contributed by atoms with Crippen molar-refractivity contribution in [2.24, 2.45) is 0 Å². The highest BCUT2D eigenvalue weighted by Crippen LogP contribution is 2.13. The number of anilines is 1. The SMILES string of the molecule is O=[N+]([O-])c1cccc(CNc2ncc(F)cn2)c1. The van der Waals surface area contributed by atoms with Gasteiger partial charge in [0.15, 0.2) is 5.82 Å². The third kappa shape index (κ3) is 2.97. The van der Waals surface area contributed by atoms with E-state index in [4.69, 9.17) is 0 Å². The standard InChI is InChI=1S/C11H9FN4O2/c12-9-6-14-11(15-7-9)13-5-8-2-1-3-10(4-8)16(17)18/h1-4,6-7H,5H2,(H,13,14,15). The zero-order valence-corrected chi connectivity index (χ0v) is 9.21. The highest BCUT2D eigenvalue weighted by atomic mass is 19.1. The van der Waals surface area contributed by atoms with E-state index in [1.54, 1.807) is 12.1 Å². The smallest absolute Gasteiger partial charge is 0.269 e. The second-order valence-corrected chi connectivity index (χ2v) is 3.51. The molecule has 0 fully saturated rings. The number of nitro groups is 1. The summed E-state index contributed by atoms with van der Waals surface area (Å²) in [7, 11) is 0. The molecule has 0 aliphatic rings. The number of rotatable bonds is 4. The Morgan fingerprint density at radius 3 is 2.72 bits per heavy atom. The Balaban J connectivity index is 2.04. The molecule has 0 amide bonds. The van der Waals surface area contributed by atoms with Gasteiger partial charge in [0.25, 0.3) is 5.69 Å². The van der Waals surface area contributed by atoms with Gasteiger partial charge in [0.2, 0.25) is 5.95 Å². The third-order valence-electron chi connectivity index (χ3n) is 2.19. The summed E-state index contributed by atoms with van der Waals surface area (Å²) in [6.45, 7) is 0.327. The van der Waals surface area contributed by atoms with Crippen LogP contribution in [0.1, 0.15) is 5.56 Å². The first kappa shape index (κ1) is 11.9. The van der Waals surface area contributed by atoms with Crippen molar-refractivity contribution in [1.82, 2.24) is 9.97 Å². The Morgan fingerprint density at radius 2 is 2.06 bits per heavy atom. The molecular formula is C11H9FN4O2. The van der Waals surface area contributed by atoms with Gasteiger partial charge in [0.05, 0.1) is 17.3 Å². The Labute approximate surface area is 102 Å². The highest BCUT2D eigenvalue weighted by Gasteiger charge is 2.05. The third-order valence-corrected chi connectivity index (χ3v) is 2.19. The normalized spacial score (nSPS) is 10.1. The van der Waals surface area contributed by atoms with Crippen LogP contribution in [0, 0.1) is 15.9 Å². The van der Waals surface area contributed by atoms with E-state index in [9.17, 15) is 14.5 Å². The van der Waals surface area contributed by atoms with Crippen molar-refractivity contribution in [1.29, 1.82) is 0 Å². The molecule has 0 radical (unpaired) electrons. The summed E-state index contributed by atoms with van der Waals surface area (Å²) in [6, 6.07) is 6.21. The predicted octanol–water partition coefficient (Wildman–Crippen LogP) is 2.14. The lowest BCUT2D eigenvalue weighted by Crippen LogP contribution is -2.03. The average molecular weight is 248 g/mol. The van der Waals surface area contributed by atoms with Crippen LogP contribution in [0.5, 0.6) is 0 Å². The van der Waals surface area contributed by atoms with E-state index in [-0.39, 0.29) is 11.6 Å². The lowest BCUT2D eigenvalue weighted by Gasteiger charge is -2.04. The Morgan fingerprint density at radius 1 is 1.33 bits per heavy atom. The van der Waals surface area contributed by atoms with Gasteiger partial charge < -0.3 is 5.32 Å². The molecular weight excluding hydrogens is 239 g/mol. The quantitative estimate of drug-likeness (QED) is 0.662. The number of nitro benzene ring substituents is 1. The largest absolute Gasteiger partial charge is 0.350 e. The molecule has 0 aliphatic carbocycles. The van der Waals surface area contributed by atoms with Crippen molar-refractivity contribution in [2.75, 3.05) is 5.32 Å². The number of nitrogens with one attached hydrogen (secondary N) is 1. The van der Waals surface area contributed by atoms with E-state index < -0.39 is 10.7 Å². The summed E-state index contributed by atoms with van der Waals surface area (Å²) in [5.74, 6) is -0.251. The molecule has 92 valence electrons. The topological polar surface area (TPSA) is 81.0 Å². The molecule has 6 nitrogen and oxygen atoms in total. The summed E-state index contributed by atoms with van der Waals surface area (Å²) < 4.78 is 12.6. The van der Waals surface area contributed by atoms with E-state index >= 15 is 0 Å². The minimum Gasteiger partial charge on any atom is -0.350 e. The lowest BCUT2D eigenvalue weighted by atomic mass is 10.2. The van der Waals surface area contributed by atoms with Crippen molar-refractivity contribution in [3.05, 3.63) is 58.2 Å². The average Bonchev–Trinajstić information content (AvgIpc) is 2.38. The first-order chi connectivity index (χ1) is 8.65. The van der Waals surface area contributed by atoms with Gasteiger partial charge in [-0.3, -0.25) is 10.1 Å². The van der Waals surface area contributed by atoms with Gasteiger partial charge in [-0.05, 0) is 5.56 Å². The van der Waals surface area contributed by atoms with E-state index in [2.05, 4.69) is 15.3 Å². The van der Waals surface area contributed by atoms with Crippen LogP contribution >= 0.6 is 0 Å². The zero-order valence-electron chi connectivity index (χ0n) is 9.21. The maximum Gasteiger partial charge on any atom is 0.269 e. The van der Waals surface area contributed by atoms with E-state index in [1.165, 1.54) is 12.1 Å². The molecule has 2 aromatic rings. The minimum absolute atomic E-state index is 0.0225. The van der Waals surface area contributed by atoms with Gasteiger partial charge >= 0.3 is 0 Å². The molecule has 7 heteroatoms. The van der Waals surface area contributed by atoms with Crippen LogP contribution in [-0.4, -0.2) is 14.9 Å². The van der Waals surface area contributed by atoms with Gasteiger partial charge in [-0.15, -0.1) is 0 Å². The monoisotopic (exact) mass is 248 g/mol. The number of aromatic nitrogens is 2. The molecule has 0 saturated heterocycles. The van der Waals surface area contributed by atoms with Crippen LogP contribution in [-0.2, 0) is 6.54 Å². The summed E-state index contributed by atoms with van der Waals surface area (Å²) in [6.07, 6.45) is 2.09. The van der Waals surface area contributed by atoms with E-state index in [0.29, 0.717) is 6.54 Å². The first-order valence-corrected chi connectivity index (χ1v) is 5.10. The molecule has 0 unspecified atom stereocenters. The van der Waals surface area contributed by atoms with Gasteiger partial charge in [-0.2, -0.15) is 0 Å². The fourth-order valence-electron chi connectivity index (χ4n) is 1.36. The van der Waals surface area contributed by atoms with Gasteiger partial charge in [0.1, 0.15) is 0 Å². The molecule has 0 aliphatic heterocycles. The second-order valence-electron chi connectivity index (χ2n) is 3.51. The number of non-ortho nitro benzene ring substituents is 1. The first-order valence-electron chi connectivity index (χ1n) is 5.10. The van der Waals surface area contributed by atoms with Crippen molar-refractivity contribution < 1.29 is 9.31 Å².